The third-order valence-electron chi connectivity index (χ3n) is 3.47. The van der Waals surface area contributed by atoms with Crippen LogP contribution in [0.3, 0.4) is 0 Å². The van der Waals surface area contributed by atoms with E-state index in [1.807, 2.05) is 24.3 Å². The molecule has 0 heterocycles. The predicted molar refractivity (Wildman–Crippen MR) is 70.4 cm³/mol. The van der Waals surface area contributed by atoms with E-state index in [2.05, 4.69) is 24.3 Å². The molecule has 0 atom stereocenters. The second-order valence-electron chi connectivity index (χ2n) is 4.43. The summed E-state index contributed by atoms with van der Waals surface area (Å²) in [6.45, 7) is 0. The van der Waals surface area contributed by atoms with E-state index in [9.17, 15) is 0 Å². The van der Waals surface area contributed by atoms with Crippen LogP contribution in [0.1, 0.15) is 17.5 Å². The maximum Gasteiger partial charge on any atom is 0.133 e. The number of nitriles is 2. The average molecular weight is 230 g/mol. The molecule has 2 heteroatoms. The predicted octanol–water partition coefficient (Wildman–Crippen LogP) is 3.59. The summed E-state index contributed by atoms with van der Waals surface area (Å²) in [5.74, 6) is 0. The van der Waals surface area contributed by atoms with Crippen molar-refractivity contribution in [2.75, 3.05) is 0 Å². The van der Waals surface area contributed by atoms with Gasteiger partial charge < -0.3 is 0 Å². The minimum Gasteiger partial charge on any atom is -0.192 e. The molecule has 0 N–H and O–H groups in total. The topological polar surface area (TPSA) is 47.6 Å². The summed E-state index contributed by atoms with van der Waals surface area (Å²) in [5, 5.41) is 20.4. The SMILES string of the molecule is N#CC(C#N)=C1CCc2cc3ccccc3cc21. The van der Waals surface area contributed by atoms with Crippen molar-refractivity contribution < 1.29 is 0 Å². The second kappa shape index (κ2) is 4.02. The lowest BCUT2D eigenvalue weighted by molar-refractivity contribution is 1.08. The highest BCUT2D eigenvalue weighted by molar-refractivity contribution is 5.91. The van der Waals surface area contributed by atoms with Crippen molar-refractivity contribution in [1.82, 2.24) is 0 Å². The van der Waals surface area contributed by atoms with Crippen molar-refractivity contribution in [1.29, 1.82) is 10.5 Å². The molecule has 18 heavy (non-hydrogen) atoms. The third kappa shape index (κ3) is 1.48. The zero-order valence-corrected chi connectivity index (χ0v) is 9.77. The lowest BCUT2D eigenvalue weighted by Gasteiger charge is -2.04. The van der Waals surface area contributed by atoms with Gasteiger partial charge in [0.1, 0.15) is 17.7 Å². The van der Waals surface area contributed by atoms with Gasteiger partial charge in [-0.25, -0.2) is 0 Å². The first-order chi connectivity index (χ1) is 8.83. The number of hydrogen-bond donors (Lipinski definition) is 0. The van der Waals surface area contributed by atoms with E-state index in [-0.39, 0.29) is 5.57 Å². The van der Waals surface area contributed by atoms with E-state index in [0.717, 1.165) is 29.4 Å². The average Bonchev–Trinajstić information content (AvgIpc) is 2.81. The molecule has 0 unspecified atom stereocenters. The normalized spacial score (nSPS) is 12.9. The van der Waals surface area contributed by atoms with E-state index in [0.29, 0.717) is 0 Å². The van der Waals surface area contributed by atoms with Gasteiger partial charge >= 0.3 is 0 Å². The Balaban J connectivity index is 2.30. The smallest absolute Gasteiger partial charge is 0.133 e. The Morgan fingerprint density at radius 1 is 0.944 bits per heavy atom. The van der Waals surface area contributed by atoms with Crippen LogP contribution in [0.15, 0.2) is 42.0 Å². The van der Waals surface area contributed by atoms with Crippen LogP contribution in [0.2, 0.25) is 0 Å². The van der Waals surface area contributed by atoms with Gasteiger partial charge in [-0.05, 0) is 46.4 Å². The summed E-state index contributed by atoms with van der Waals surface area (Å²) >= 11 is 0. The molecule has 0 radical (unpaired) electrons. The van der Waals surface area contributed by atoms with Crippen LogP contribution >= 0.6 is 0 Å². The minimum absolute atomic E-state index is 0.254. The Hall–Kier alpha value is -2.58. The van der Waals surface area contributed by atoms with Crippen LogP contribution < -0.4 is 0 Å². The fourth-order valence-corrected chi connectivity index (χ4v) is 2.59. The molecular formula is C16H10N2. The van der Waals surface area contributed by atoms with Crippen molar-refractivity contribution in [2.45, 2.75) is 12.8 Å². The van der Waals surface area contributed by atoms with E-state index in [1.54, 1.807) is 0 Å². The summed E-state index contributed by atoms with van der Waals surface area (Å²) in [7, 11) is 0. The molecule has 1 aliphatic carbocycles. The van der Waals surface area contributed by atoms with Crippen molar-refractivity contribution in [3.05, 3.63) is 53.1 Å². The molecule has 2 nitrogen and oxygen atoms in total. The number of hydrogen-bond acceptors (Lipinski definition) is 2. The quantitative estimate of drug-likeness (QED) is 0.649. The first-order valence-corrected chi connectivity index (χ1v) is 5.89. The summed E-state index contributed by atoms with van der Waals surface area (Å²) in [6.07, 6.45) is 1.71. The second-order valence-corrected chi connectivity index (χ2v) is 4.43. The molecule has 0 saturated carbocycles. The molecule has 2 aromatic carbocycles. The molecule has 84 valence electrons. The summed E-state index contributed by atoms with van der Waals surface area (Å²) < 4.78 is 0. The maximum atomic E-state index is 8.99. The number of aryl methyl sites for hydroxylation is 1. The summed E-state index contributed by atoms with van der Waals surface area (Å²) in [4.78, 5) is 0. The van der Waals surface area contributed by atoms with E-state index in [4.69, 9.17) is 10.5 Å². The summed E-state index contributed by atoms with van der Waals surface area (Å²) in [6, 6.07) is 16.4. The zero-order chi connectivity index (χ0) is 12.5. The van der Waals surface area contributed by atoms with Gasteiger partial charge in [0.05, 0.1) is 0 Å². The van der Waals surface area contributed by atoms with Crippen LogP contribution in [-0.2, 0) is 6.42 Å². The Morgan fingerprint density at radius 3 is 2.28 bits per heavy atom. The number of rotatable bonds is 0. The lowest BCUT2D eigenvalue weighted by Crippen LogP contribution is -1.85. The third-order valence-corrected chi connectivity index (χ3v) is 3.47. The molecule has 3 rings (SSSR count). The number of nitrogens with zero attached hydrogens (tertiary/aromatic N) is 2. The van der Waals surface area contributed by atoms with Crippen LogP contribution in [0.4, 0.5) is 0 Å². The van der Waals surface area contributed by atoms with Gasteiger partial charge in [-0.3, -0.25) is 0 Å². The summed E-state index contributed by atoms with van der Waals surface area (Å²) in [5.41, 5.74) is 3.48. The zero-order valence-electron chi connectivity index (χ0n) is 9.77. The van der Waals surface area contributed by atoms with Crippen molar-refractivity contribution in [2.24, 2.45) is 0 Å². The largest absolute Gasteiger partial charge is 0.192 e. The van der Waals surface area contributed by atoms with Crippen molar-refractivity contribution in [3.63, 3.8) is 0 Å². The van der Waals surface area contributed by atoms with Gasteiger partial charge in [0.15, 0.2) is 0 Å². The molecule has 0 aliphatic heterocycles. The fraction of sp³-hybridized carbons (Fsp3) is 0.125. The van der Waals surface area contributed by atoms with Crippen LogP contribution in [-0.4, -0.2) is 0 Å². The van der Waals surface area contributed by atoms with E-state index in [1.165, 1.54) is 10.9 Å². The molecule has 2 aromatic rings. The van der Waals surface area contributed by atoms with E-state index >= 15 is 0 Å². The van der Waals surface area contributed by atoms with Crippen molar-refractivity contribution >= 4 is 16.3 Å². The van der Waals surface area contributed by atoms with Gasteiger partial charge in [-0.1, -0.05) is 30.3 Å². The number of benzene rings is 2. The highest BCUT2D eigenvalue weighted by Crippen LogP contribution is 2.36. The molecular weight excluding hydrogens is 220 g/mol. The number of allylic oxidation sites excluding steroid dienone is 2. The molecule has 0 saturated heterocycles. The standard InChI is InChI=1S/C16H10N2/c17-9-14(10-18)15-6-5-13-7-11-3-1-2-4-12(11)8-16(13)15/h1-4,7-8H,5-6H2. The Morgan fingerprint density at radius 2 is 1.61 bits per heavy atom. The van der Waals surface area contributed by atoms with Gasteiger partial charge in [0.2, 0.25) is 0 Å². The highest BCUT2D eigenvalue weighted by atomic mass is 14.3. The molecule has 0 spiro atoms. The van der Waals surface area contributed by atoms with E-state index < -0.39 is 0 Å². The van der Waals surface area contributed by atoms with Crippen LogP contribution in [0.25, 0.3) is 16.3 Å². The Kier molecular flexibility index (Phi) is 2.36. The molecule has 0 fully saturated rings. The lowest BCUT2D eigenvalue weighted by atomic mass is 9.99. The fourth-order valence-electron chi connectivity index (χ4n) is 2.59. The van der Waals surface area contributed by atoms with Crippen molar-refractivity contribution in [3.8, 4) is 12.1 Å². The van der Waals surface area contributed by atoms with Crippen LogP contribution in [0, 0.1) is 22.7 Å². The first kappa shape index (κ1) is 10.6. The first-order valence-electron chi connectivity index (χ1n) is 5.89. The van der Waals surface area contributed by atoms with Crippen LogP contribution in [0.5, 0.6) is 0 Å². The monoisotopic (exact) mass is 230 g/mol. The Labute approximate surface area is 105 Å². The molecule has 0 bridgehead atoms. The molecule has 0 aromatic heterocycles. The van der Waals surface area contributed by atoms with Gasteiger partial charge in [-0.2, -0.15) is 10.5 Å². The minimum atomic E-state index is 0.254. The molecule has 1 aliphatic rings. The molecule has 0 amide bonds. The van der Waals surface area contributed by atoms with Gasteiger partial charge in [-0.15, -0.1) is 0 Å². The maximum absolute atomic E-state index is 8.99. The Bertz CT molecular complexity index is 739. The number of fused-ring (bicyclic) bond motifs is 2. The highest BCUT2D eigenvalue weighted by Gasteiger charge is 2.20. The van der Waals surface area contributed by atoms with Gasteiger partial charge in [0.25, 0.3) is 0 Å². The van der Waals surface area contributed by atoms with Gasteiger partial charge in [0, 0.05) is 0 Å².